The predicted octanol–water partition coefficient (Wildman–Crippen LogP) is 2.35. The minimum atomic E-state index is -2.62. The number of aryl methyl sites for hydroxylation is 1. The average Bonchev–Trinajstić information content (AvgIpc) is 2.34. The molecule has 78 valence electrons. The zero-order valence-corrected chi connectivity index (χ0v) is 7.95. The first kappa shape index (κ1) is 4.54. The molecule has 0 saturated carbocycles. The van der Waals surface area contributed by atoms with Crippen LogP contribution in [-0.4, -0.2) is 13.5 Å². The van der Waals surface area contributed by atoms with Crippen LogP contribution in [0.1, 0.15) is 15.2 Å². The van der Waals surface area contributed by atoms with Crippen LogP contribution in [0.5, 0.6) is 5.75 Å². The minimum absolute atomic E-state index is 0.0356. The molecular formula is C13H15NO. The van der Waals surface area contributed by atoms with Crippen LogP contribution in [0.15, 0.2) is 36.4 Å². The second-order valence-electron chi connectivity index (χ2n) is 3.06. The number of hydrogen-bond acceptors (Lipinski definition) is 2. The number of fused-ring (bicyclic) bond motifs is 1. The summed E-state index contributed by atoms with van der Waals surface area (Å²) in [6.07, 6.45) is -2.45. The molecule has 0 spiro atoms. The van der Waals surface area contributed by atoms with E-state index in [4.69, 9.17) is 20.1 Å². The van der Waals surface area contributed by atoms with Crippen molar-refractivity contribution in [1.82, 2.24) is 0 Å². The van der Waals surface area contributed by atoms with Gasteiger partial charge in [0.1, 0.15) is 5.75 Å². The average molecular weight is 208 g/mol. The van der Waals surface area contributed by atoms with E-state index in [0.29, 0.717) is 10.8 Å². The quantitative estimate of drug-likeness (QED) is 0.840. The van der Waals surface area contributed by atoms with Crippen molar-refractivity contribution < 1.29 is 14.3 Å². The van der Waals surface area contributed by atoms with E-state index in [2.05, 4.69) is 0 Å². The van der Waals surface area contributed by atoms with Crippen molar-refractivity contribution in [3.8, 4) is 5.75 Å². The molecule has 15 heavy (non-hydrogen) atoms. The molecule has 0 saturated heterocycles. The van der Waals surface area contributed by atoms with Gasteiger partial charge < -0.3 is 10.5 Å². The summed E-state index contributed by atoms with van der Waals surface area (Å²) in [6.45, 7) is -2.60. The van der Waals surface area contributed by atoms with Crippen LogP contribution in [0.25, 0.3) is 10.8 Å². The first-order valence-electron chi connectivity index (χ1n) is 7.93. The minimum Gasteiger partial charge on any atom is -0.497 e. The Bertz CT molecular complexity index is 691. The molecule has 0 heterocycles. The Kier molecular flexibility index (Phi) is 1.31. The van der Waals surface area contributed by atoms with Gasteiger partial charge in [0, 0.05) is 5.48 Å². The van der Waals surface area contributed by atoms with Crippen LogP contribution in [0, 0.1) is 0 Å². The van der Waals surface area contributed by atoms with Crippen LogP contribution < -0.4 is 10.5 Å². The molecule has 0 aromatic heterocycles. The summed E-state index contributed by atoms with van der Waals surface area (Å²) in [5, 5.41) is 0.979. The number of nitrogens with two attached hydrogens (primary N) is 1. The van der Waals surface area contributed by atoms with Gasteiger partial charge in [-0.25, -0.2) is 0 Å². The number of ether oxygens (including phenoxy) is 1. The van der Waals surface area contributed by atoms with E-state index in [1.54, 1.807) is 18.2 Å². The van der Waals surface area contributed by atoms with Crippen molar-refractivity contribution in [2.75, 3.05) is 13.5 Å². The van der Waals surface area contributed by atoms with E-state index in [1.165, 1.54) is 18.2 Å². The Morgan fingerprint density at radius 1 is 1.40 bits per heavy atom. The van der Waals surface area contributed by atoms with Crippen molar-refractivity contribution >= 4 is 10.8 Å². The van der Waals surface area contributed by atoms with E-state index >= 15 is 0 Å². The molecule has 2 heteroatoms. The summed E-state index contributed by atoms with van der Waals surface area (Å²) in [5.74, 6) is 0.0494. The van der Waals surface area contributed by atoms with Gasteiger partial charge >= 0.3 is 0 Å². The Balaban J connectivity index is 2.63. The summed E-state index contributed by atoms with van der Waals surface area (Å²) < 4.78 is 57.1. The molecule has 0 aliphatic carbocycles. The third-order valence-electron chi connectivity index (χ3n) is 2.18. The predicted molar refractivity (Wildman–Crippen MR) is 63.3 cm³/mol. The second-order valence-corrected chi connectivity index (χ2v) is 3.06. The number of hydrogen-bond donors (Lipinski definition) is 1. The largest absolute Gasteiger partial charge is 0.497 e. The SMILES string of the molecule is [2H]C([2H])([2H])Oc1ccc2cccc(C([2H])([2H])C([2H])([2H])N)c2c1. The summed E-state index contributed by atoms with van der Waals surface area (Å²) in [5.41, 5.74) is 5.35. The van der Waals surface area contributed by atoms with Gasteiger partial charge in [0.15, 0.2) is 0 Å². The lowest BCUT2D eigenvalue weighted by Crippen LogP contribution is -2.03. The Morgan fingerprint density at radius 2 is 2.33 bits per heavy atom. The summed E-state index contributed by atoms with van der Waals surface area (Å²) >= 11 is 0. The smallest absolute Gasteiger partial charge is 0.119 e. The molecule has 0 aliphatic heterocycles. The van der Waals surface area contributed by atoms with Gasteiger partial charge in [-0.2, -0.15) is 0 Å². The molecule has 0 aliphatic rings. The molecule has 0 amide bonds. The molecular weight excluding hydrogens is 186 g/mol. The molecule has 2 N–H and O–H groups in total. The number of benzene rings is 2. The van der Waals surface area contributed by atoms with Gasteiger partial charge in [0.25, 0.3) is 0 Å². The molecule has 0 atom stereocenters. The fourth-order valence-electron chi connectivity index (χ4n) is 1.50. The normalized spacial score (nSPS) is 20.2. The van der Waals surface area contributed by atoms with E-state index < -0.39 is 19.9 Å². The fraction of sp³-hybridized carbons (Fsp3) is 0.231. The zero-order chi connectivity index (χ0) is 16.8. The second kappa shape index (κ2) is 4.32. The Hall–Kier alpha value is -1.54. The van der Waals surface area contributed by atoms with Crippen LogP contribution >= 0.6 is 0 Å². The van der Waals surface area contributed by atoms with Gasteiger partial charge in [0.05, 0.1) is 11.2 Å². The first-order chi connectivity index (χ1) is 9.92. The molecule has 2 aromatic carbocycles. The van der Waals surface area contributed by atoms with E-state index in [9.17, 15) is 0 Å². The molecule has 2 nitrogen and oxygen atoms in total. The van der Waals surface area contributed by atoms with E-state index in [-0.39, 0.29) is 11.3 Å². The number of methoxy groups -OCH3 is 1. The van der Waals surface area contributed by atoms with Crippen LogP contribution in [0.3, 0.4) is 0 Å². The maximum Gasteiger partial charge on any atom is 0.119 e. The topological polar surface area (TPSA) is 35.2 Å². The lowest BCUT2D eigenvalue weighted by atomic mass is 10.0. The van der Waals surface area contributed by atoms with Gasteiger partial charge in [-0.1, -0.05) is 24.3 Å². The maximum atomic E-state index is 7.97. The summed E-state index contributed by atoms with van der Waals surface area (Å²) in [4.78, 5) is 0. The standard InChI is InChI=1S/C13H15NO/c1-15-12-6-5-10-3-2-4-11(7-8-14)13(10)9-12/h2-6,9H,7-8,14H2,1H3/i1D3,7D2,8D2. The van der Waals surface area contributed by atoms with Crippen molar-refractivity contribution in [2.24, 2.45) is 5.73 Å². The molecule has 0 bridgehead atoms. The zero-order valence-electron chi connectivity index (χ0n) is 14.9. The van der Waals surface area contributed by atoms with E-state index in [0.717, 1.165) is 0 Å². The first-order valence-corrected chi connectivity index (χ1v) is 4.43. The molecule has 0 fully saturated rings. The lowest BCUT2D eigenvalue weighted by molar-refractivity contribution is 0.415. The highest BCUT2D eigenvalue weighted by atomic mass is 16.5. The number of rotatable bonds is 3. The van der Waals surface area contributed by atoms with Crippen molar-refractivity contribution in [1.29, 1.82) is 0 Å². The molecule has 0 unspecified atom stereocenters. The van der Waals surface area contributed by atoms with E-state index in [1.807, 2.05) is 0 Å². The monoisotopic (exact) mass is 208 g/mol. The lowest BCUT2D eigenvalue weighted by Gasteiger charge is -2.07. The third kappa shape index (κ3) is 1.95. The van der Waals surface area contributed by atoms with Crippen LogP contribution in [0.4, 0.5) is 0 Å². The van der Waals surface area contributed by atoms with Crippen LogP contribution in [-0.2, 0) is 6.37 Å². The molecule has 2 rings (SSSR count). The summed E-state index contributed by atoms with van der Waals surface area (Å²) in [7, 11) is -2.62. The van der Waals surface area contributed by atoms with Gasteiger partial charge in [0.2, 0.25) is 0 Å². The van der Waals surface area contributed by atoms with Crippen molar-refractivity contribution in [2.45, 2.75) is 6.37 Å². The van der Waals surface area contributed by atoms with Crippen LogP contribution in [0.2, 0.25) is 0 Å². The Labute approximate surface area is 99.5 Å². The van der Waals surface area contributed by atoms with Crippen molar-refractivity contribution in [3.63, 3.8) is 0 Å². The van der Waals surface area contributed by atoms with Gasteiger partial charge in [-0.05, 0) is 41.3 Å². The fourth-order valence-corrected chi connectivity index (χ4v) is 1.50. The highest BCUT2D eigenvalue weighted by Crippen LogP contribution is 2.24. The molecule has 2 aromatic rings. The molecule has 0 radical (unpaired) electrons. The van der Waals surface area contributed by atoms with Gasteiger partial charge in [-0.3, -0.25) is 0 Å². The third-order valence-corrected chi connectivity index (χ3v) is 2.18. The Morgan fingerprint density at radius 3 is 3.13 bits per heavy atom. The maximum absolute atomic E-state index is 7.97. The highest BCUT2D eigenvalue weighted by molar-refractivity contribution is 5.87. The summed E-state index contributed by atoms with van der Waals surface area (Å²) in [6, 6.07) is 9.14. The van der Waals surface area contributed by atoms with Crippen molar-refractivity contribution in [3.05, 3.63) is 42.0 Å². The van der Waals surface area contributed by atoms with Gasteiger partial charge in [-0.15, -0.1) is 0 Å². The highest BCUT2D eigenvalue weighted by Gasteiger charge is 2.01.